The van der Waals surface area contributed by atoms with Crippen molar-refractivity contribution in [2.75, 3.05) is 20.2 Å². The molecule has 0 saturated carbocycles. The van der Waals surface area contributed by atoms with Crippen LogP contribution in [-0.2, 0) is 16.0 Å². The van der Waals surface area contributed by atoms with Gasteiger partial charge in [-0.1, -0.05) is 54.1 Å². The van der Waals surface area contributed by atoms with Crippen molar-refractivity contribution in [2.45, 2.75) is 19.4 Å². The van der Waals surface area contributed by atoms with Crippen LogP contribution in [0.15, 0.2) is 54.6 Å². The molecule has 0 unspecified atom stereocenters. The molecular weight excluding hydrogens is 352 g/mol. The van der Waals surface area contributed by atoms with Crippen molar-refractivity contribution in [2.24, 2.45) is 0 Å². The molecule has 0 radical (unpaired) electrons. The first-order valence-electron chi connectivity index (χ1n) is 8.45. The lowest BCUT2D eigenvalue weighted by Crippen LogP contribution is -2.49. The number of nitrogens with one attached hydrogen (secondary N) is 1. The van der Waals surface area contributed by atoms with Crippen LogP contribution in [0.4, 0.5) is 0 Å². The predicted molar refractivity (Wildman–Crippen MR) is 102 cm³/mol. The van der Waals surface area contributed by atoms with Gasteiger partial charge in [0.1, 0.15) is 11.8 Å². The third-order valence-corrected chi connectivity index (χ3v) is 4.40. The molecule has 26 heavy (non-hydrogen) atoms. The Morgan fingerprint density at radius 2 is 1.77 bits per heavy atom. The highest BCUT2D eigenvalue weighted by Gasteiger charge is 2.25. The number of nitrogens with zero attached hydrogens (tertiary/aromatic N) is 1. The summed E-state index contributed by atoms with van der Waals surface area (Å²) in [6.07, 6.45) is 0.653. The molecule has 6 heteroatoms. The maximum Gasteiger partial charge on any atom is 0.261 e. The van der Waals surface area contributed by atoms with Gasteiger partial charge in [-0.25, -0.2) is 0 Å². The smallest absolute Gasteiger partial charge is 0.261 e. The number of carbonyl (C=O) groups excluding carboxylic acids is 2. The molecule has 0 saturated heterocycles. The van der Waals surface area contributed by atoms with E-state index >= 15 is 0 Å². The first-order chi connectivity index (χ1) is 12.5. The molecule has 0 heterocycles. The normalized spacial score (nSPS) is 11.5. The van der Waals surface area contributed by atoms with E-state index in [-0.39, 0.29) is 18.4 Å². The summed E-state index contributed by atoms with van der Waals surface area (Å²) >= 11 is 6.05. The molecule has 0 aliphatic heterocycles. The summed E-state index contributed by atoms with van der Waals surface area (Å²) in [7, 11) is 1.55. The number of rotatable bonds is 8. The minimum absolute atomic E-state index is 0.181. The second-order valence-electron chi connectivity index (χ2n) is 5.83. The van der Waals surface area contributed by atoms with E-state index in [1.807, 2.05) is 30.3 Å². The summed E-state index contributed by atoms with van der Waals surface area (Å²) in [5.74, 6) is -0.0424. The van der Waals surface area contributed by atoms with Gasteiger partial charge in [-0.3, -0.25) is 9.59 Å². The molecule has 2 aromatic rings. The zero-order valence-electron chi connectivity index (χ0n) is 14.9. The number of para-hydroxylation sites is 1. The van der Waals surface area contributed by atoms with Gasteiger partial charge >= 0.3 is 0 Å². The van der Waals surface area contributed by atoms with Crippen molar-refractivity contribution in [3.63, 3.8) is 0 Å². The highest BCUT2D eigenvalue weighted by Crippen LogP contribution is 2.23. The second kappa shape index (κ2) is 9.82. The molecule has 0 aliphatic carbocycles. The summed E-state index contributed by atoms with van der Waals surface area (Å²) in [5.41, 5.74) is 1.10. The molecule has 1 N–H and O–H groups in total. The van der Waals surface area contributed by atoms with Gasteiger partial charge in [-0.05, 0) is 31.0 Å². The molecule has 138 valence electrons. The molecule has 2 rings (SSSR count). The van der Waals surface area contributed by atoms with E-state index in [0.717, 1.165) is 5.56 Å². The third kappa shape index (κ3) is 5.49. The van der Waals surface area contributed by atoms with E-state index in [9.17, 15) is 9.59 Å². The Kier molecular flexibility index (Phi) is 7.48. The van der Waals surface area contributed by atoms with Gasteiger partial charge < -0.3 is 15.0 Å². The van der Waals surface area contributed by atoms with Crippen LogP contribution in [0, 0.1) is 0 Å². The van der Waals surface area contributed by atoms with Crippen LogP contribution in [0.2, 0.25) is 5.02 Å². The molecule has 0 aromatic heterocycles. The Bertz CT molecular complexity index is 737. The van der Waals surface area contributed by atoms with E-state index < -0.39 is 6.04 Å². The van der Waals surface area contributed by atoms with Crippen molar-refractivity contribution in [3.05, 3.63) is 65.2 Å². The average molecular weight is 375 g/mol. The zero-order valence-corrected chi connectivity index (χ0v) is 15.7. The fourth-order valence-corrected chi connectivity index (χ4v) is 2.75. The molecule has 0 spiro atoms. The lowest BCUT2D eigenvalue weighted by atomic mass is 10.1. The number of likely N-dealkylation sites (N-methyl/N-ethyl adjacent to an activating group) is 1. The summed E-state index contributed by atoms with van der Waals surface area (Å²) in [5, 5.41) is 3.03. The molecule has 2 amide bonds. The molecular formula is C20H23ClN2O3. The molecule has 5 nitrogen and oxygen atoms in total. The maximum absolute atomic E-state index is 12.7. The first-order valence-corrected chi connectivity index (χ1v) is 8.83. The minimum Gasteiger partial charge on any atom is -0.482 e. The Balaban J connectivity index is 2.05. The monoisotopic (exact) mass is 374 g/mol. The fourth-order valence-electron chi connectivity index (χ4n) is 2.56. The second-order valence-corrected chi connectivity index (χ2v) is 6.24. The van der Waals surface area contributed by atoms with E-state index in [1.165, 1.54) is 4.90 Å². The van der Waals surface area contributed by atoms with Crippen LogP contribution >= 0.6 is 11.6 Å². The topological polar surface area (TPSA) is 58.6 Å². The summed E-state index contributed by atoms with van der Waals surface area (Å²) in [6, 6.07) is 16.2. The predicted octanol–water partition coefficient (Wildman–Crippen LogP) is 2.92. The van der Waals surface area contributed by atoms with E-state index in [2.05, 4.69) is 5.32 Å². The maximum atomic E-state index is 12.7. The Morgan fingerprint density at radius 3 is 2.42 bits per heavy atom. The number of halogens is 1. The van der Waals surface area contributed by atoms with Crippen molar-refractivity contribution in [3.8, 4) is 5.75 Å². The average Bonchev–Trinajstić information content (AvgIpc) is 2.67. The summed E-state index contributed by atoms with van der Waals surface area (Å²) in [4.78, 5) is 26.2. The highest BCUT2D eigenvalue weighted by atomic mass is 35.5. The van der Waals surface area contributed by atoms with Gasteiger partial charge in [-0.15, -0.1) is 0 Å². The van der Waals surface area contributed by atoms with Gasteiger partial charge in [0.25, 0.3) is 5.91 Å². The molecule has 2 aromatic carbocycles. The van der Waals surface area contributed by atoms with Crippen LogP contribution in [0.25, 0.3) is 0 Å². The standard InChI is InChI=1S/C20H23ClN2O3/c1-15(20(25)22-2)23(13-12-16-8-4-3-5-9-16)19(24)14-26-18-11-7-6-10-17(18)21/h3-11,15H,12-14H2,1-2H3,(H,22,25)/t15-/m1/s1. The Labute approximate surface area is 158 Å². The number of hydrogen-bond donors (Lipinski definition) is 1. The lowest BCUT2D eigenvalue weighted by Gasteiger charge is -2.28. The van der Waals surface area contributed by atoms with Gasteiger partial charge in [-0.2, -0.15) is 0 Å². The number of carbonyl (C=O) groups is 2. The number of benzene rings is 2. The number of ether oxygens (including phenoxy) is 1. The largest absolute Gasteiger partial charge is 0.482 e. The van der Waals surface area contributed by atoms with Crippen molar-refractivity contribution < 1.29 is 14.3 Å². The van der Waals surface area contributed by atoms with Crippen LogP contribution < -0.4 is 10.1 Å². The molecule has 0 aliphatic rings. The third-order valence-electron chi connectivity index (χ3n) is 4.09. The number of amides is 2. The quantitative estimate of drug-likeness (QED) is 0.772. The van der Waals surface area contributed by atoms with Crippen molar-refractivity contribution in [1.29, 1.82) is 0 Å². The Morgan fingerprint density at radius 1 is 1.12 bits per heavy atom. The van der Waals surface area contributed by atoms with Gasteiger partial charge in [0.2, 0.25) is 5.91 Å². The SMILES string of the molecule is CNC(=O)[C@@H](C)N(CCc1ccccc1)C(=O)COc1ccccc1Cl. The van der Waals surface area contributed by atoms with Crippen LogP contribution in [0.1, 0.15) is 12.5 Å². The lowest BCUT2D eigenvalue weighted by molar-refractivity contribution is -0.141. The Hall–Kier alpha value is -2.53. The number of hydrogen-bond acceptors (Lipinski definition) is 3. The van der Waals surface area contributed by atoms with Crippen LogP contribution in [-0.4, -0.2) is 43.0 Å². The van der Waals surface area contributed by atoms with E-state index in [0.29, 0.717) is 23.7 Å². The molecule has 0 bridgehead atoms. The van der Waals surface area contributed by atoms with Gasteiger partial charge in [0, 0.05) is 13.6 Å². The molecule has 1 atom stereocenters. The van der Waals surface area contributed by atoms with Crippen molar-refractivity contribution >= 4 is 23.4 Å². The van der Waals surface area contributed by atoms with Gasteiger partial charge in [0.15, 0.2) is 6.61 Å². The van der Waals surface area contributed by atoms with Crippen LogP contribution in [0.3, 0.4) is 0 Å². The van der Waals surface area contributed by atoms with Crippen LogP contribution in [0.5, 0.6) is 5.75 Å². The zero-order chi connectivity index (χ0) is 18.9. The van der Waals surface area contributed by atoms with Gasteiger partial charge in [0.05, 0.1) is 5.02 Å². The highest BCUT2D eigenvalue weighted by molar-refractivity contribution is 6.32. The summed E-state index contributed by atoms with van der Waals surface area (Å²) < 4.78 is 5.54. The van der Waals surface area contributed by atoms with E-state index in [4.69, 9.17) is 16.3 Å². The summed E-state index contributed by atoms with van der Waals surface area (Å²) in [6.45, 7) is 1.94. The first kappa shape index (κ1) is 19.8. The molecule has 0 fully saturated rings. The minimum atomic E-state index is -0.592. The van der Waals surface area contributed by atoms with E-state index in [1.54, 1.807) is 38.2 Å². The van der Waals surface area contributed by atoms with Crippen molar-refractivity contribution in [1.82, 2.24) is 10.2 Å². The fraction of sp³-hybridized carbons (Fsp3) is 0.300.